The van der Waals surface area contributed by atoms with E-state index in [1.54, 1.807) is 0 Å². The Hall–Kier alpha value is -2.31. The number of hydrogen-bond acceptors (Lipinski definition) is 6. The first-order valence-electron chi connectivity index (χ1n) is 10.1. The molecule has 0 unspecified atom stereocenters. The number of benzene rings is 1. The van der Waals surface area contributed by atoms with E-state index in [-0.39, 0.29) is 18.3 Å². The number of rotatable bonds is 4. The summed E-state index contributed by atoms with van der Waals surface area (Å²) in [7, 11) is 0. The van der Waals surface area contributed by atoms with E-state index in [1.165, 1.54) is 11.1 Å². The van der Waals surface area contributed by atoms with Crippen LogP contribution < -0.4 is 4.90 Å². The molecule has 2 aliphatic rings. The van der Waals surface area contributed by atoms with Gasteiger partial charge in [-0.15, -0.1) is 0 Å². The number of Topliss-reactive ketones (excluding diaryl/α,β-unsaturated/α-hetero) is 1. The summed E-state index contributed by atoms with van der Waals surface area (Å²) >= 11 is 0. The van der Waals surface area contributed by atoms with E-state index in [0.717, 1.165) is 55.5 Å². The third-order valence-corrected chi connectivity index (χ3v) is 5.89. The molecule has 1 saturated heterocycles. The van der Waals surface area contributed by atoms with Gasteiger partial charge in [0.1, 0.15) is 0 Å². The zero-order valence-electron chi connectivity index (χ0n) is 16.7. The van der Waals surface area contributed by atoms with E-state index in [1.807, 2.05) is 6.92 Å². The lowest BCUT2D eigenvalue weighted by Crippen LogP contribution is -2.48. The Labute approximate surface area is 166 Å². The number of carbonyl (C=O) groups is 1. The smallest absolute Gasteiger partial charge is 0.225 e. The number of hydrogen-bond donors (Lipinski definition) is 1. The van der Waals surface area contributed by atoms with Crippen LogP contribution >= 0.6 is 0 Å². The molecule has 2 heterocycles. The Morgan fingerprint density at radius 3 is 2.61 bits per heavy atom. The van der Waals surface area contributed by atoms with Crippen LogP contribution in [0.3, 0.4) is 0 Å². The molecule has 0 amide bonds. The lowest BCUT2D eigenvalue weighted by atomic mass is 9.81. The van der Waals surface area contributed by atoms with Crippen LogP contribution in [-0.4, -0.2) is 65.1 Å². The van der Waals surface area contributed by atoms with E-state index < -0.39 is 0 Å². The van der Waals surface area contributed by atoms with Crippen molar-refractivity contribution in [3.8, 4) is 0 Å². The van der Waals surface area contributed by atoms with Crippen LogP contribution in [0.2, 0.25) is 0 Å². The molecular weight excluding hydrogens is 352 g/mol. The number of aliphatic hydroxyl groups is 1. The Bertz CT molecular complexity index is 875. The van der Waals surface area contributed by atoms with Crippen molar-refractivity contribution in [3.05, 3.63) is 52.3 Å². The topological polar surface area (TPSA) is 69.6 Å². The van der Waals surface area contributed by atoms with Crippen LogP contribution in [0.25, 0.3) is 0 Å². The number of fused-ring (bicyclic) bond motifs is 1. The molecule has 1 aliphatic heterocycles. The molecule has 1 aliphatic carbocycles. The highest BCUT2D eigenvalue weighted by molar-refractivity contribution is 5.99. The summed E-state index contributed by atoms with van der Waals surface area (Å²) in [6, 6.07) is 8.44. The van der Waals surface area contributed by atoms with Crippen molar-refractivity contribution >= 4 is 11.7 Å². The van der Waals surface area contributed by atoms with Gasteiger partial charge in [-0.3, -0.25) is 9.69 Å². The summed E-state index contributed by atoms with van der Waals surface area (Å²) in [6.07, 6.45) is 1.31. The molecule has 1 aromatic carbocycles. The fourth-order valence-corrected chi connectivity index (χ4v) is 4.37. The quantitative estimate of drug-likeness (QED) is 0.876. The Balaban J connectivity index is 1.58. The molecule has 0 spiro atoms. The summed E-state index contributed by atoms with van der Waals surface area (Å²) in [6.45, 7) is 8.39. The van der Waals surface area contributed by atoms with Crippen molar-refractivity contribution < 1.29 is 9.90 Å². The monoisotopic (exact) mass is 380 g/mol. The van der Waals surface area contributed by atoms with Crippen LogP contribution in [0.5, 0.6) is 0 Å². The van der Waals surface area contributed by atoms with Gasteiger partial charge in [-0.25, -0.2) is 9.97 Å². The lowest BCUT2D eigenvalue weighted by Gasteiger charge is -2.35. The van der Waals surface area contributed by atoms with Crippen LogP contribution in [0.15, 0.2) is 24.3 Å². The van der Waals surface area contributed by atoms with Crippen LogP contribution in [0.4, 0.5) is 5.95 Å². The number of aromatic nitrogens is 2. The fraction of sp³-hybridized carbons (Fsp3) is 0.500. The molecule has 1 atom stereocenters. The highest BCUT2D eigenvalue weighted by atomic mass is 16.3. The standard InChI is InChI=1S/C22H28N4O2/c1-15-4-3-5-17(12-15)18-13-19-21(20(28)14-18)16(2)23-22(24-19)26-8-6-25(7-9-26)10-11-27/h3-5,12,18,27H,6-11,13-14H2,1-2H3/t18-/m1/s1. The van der Waals surface area contributed by atoms with Crippen molar-refractivity contribution in [2.75, 3.05) is 44.2 Å². The second-order valence-corrected chi connectivity index (χ2v) is 7.93. The number of piperazine rings is 1. The maximum absolute atomic E-state index is 12.9. The second kappa shape index (κ2) is 7.97. The van der Waals surface area contributed by atoms with E-state index in [0.29, 0.717) is 13.0 Å². The number of aliphatic hydroxyl groups excluding tert-OH is 1. The predicted molar refractivity (Wildman–Crippen MR) is 109 cm³/mol. The van der Waals surface area contributed by atoms with Crippen LogP contribution in [0.1, 0.15) is 45.2 Å². The number of nitrogens with zero attached hydrogens (tertiary/aromatic N) is 4. The maximum Gasteiger partial charge on any atom is 0.225 e. The third kappa shape index (κ3) is 3.80. The first-order chi connectivity index (χ1) is 13.5. The van der Waals surface area contributed by atoms with Gasteiger partial charge in [-0.05, 0) is 31.7 Å². The van der Waals surface area contributed by atoms with Crippen molar-refractivity contribution in [3.63, 3.8) is 0 Å². The summed E-state index contributed by atoms with van der Waals surface area (Å²) < 4.78 is 0. The zero-order chi connectivity index (χ0) is 19.7. The molecule has 148 valence electrons. The van der Waals surface area contributed by atoms with Crippen LogP contribution in [-0.2, 0) is 6.42 Å². The van der Waals surface area contributed by atoms with Gasteiger partial charge in [0, 0.05) is 39.1 Å². The zero-order valence-corrected chi connectivity index (χ0v) is 16.7. The number of anilines is 1. The minimum atomic E-state index is 0.157. The molecule has 1 N–H and O–H groups in total. The number of carbonyl (C=O) groups excluding carboxylic acids is 1. The Kier molecular flexibility index (Phi) is 5.42. The maximum atomic E-state index is 12.9. The van der Waals surface area contributed by atoms with Gasteiger partial charge in [0.05, 0.1) is 23.6 Å². The van der Waals surface area contributed by atoms with Gasteiger partial charge < -0.3 is 10.0 Å². The number of β-amino-alcohol motifs (C(OH)–C–C–N with tert-alkyl or cyclic N) is 1. The average Bonchev–Trinajstić information content (AvgIpc) is 2.68. The summed E-state index contributed by atoms with van der Waals surface area (Å²) in [5.74, 6) is 1.07. The van der Waals surface area contributed by atoms with Gasteiger partial charge >= 0.3 is 0 Å². The lowest BCUT2D eigenvalue weighted by molar-refractivity contribution is 0.0962. The molecule has 1 aromatic heterocycles. The van der Waals surface area contributed by atoms with Gasteiger partial charge in [0.25, 0.3) is 0 Å². The van der Waals surface area contributed by atoms with E-state index in [2.05, 4.69) is 46.0 Å². The van der Waals surface area contributed by atoms with Crippen molar-refractivity contribution in [1.29, 1.82) is 0 Å². The Morgan fingerprint density at radius 2 is 1.89 bits per heavy atom. The van der Waals surface area contributed by atoms with E-state index in [9.17, 15) is 4.79 Å². The average molecular weight is 380 g/mol. The molecule has 6 nitrogen and oxygen atoms in total. The first kappa shape index (κ1) is 19.0. The van der Waals surface area contributed by atoms with E-state index in [4.69, 9.17) is 10.1 Å². The summed E-state index contributed by atoms with van der Waals surface area (Å²) in [4.78, 5) is 26.8. The molecule has 6 heteroatoms. The van der Waals surface area contributed by atoms with Gasteiger partial charge in [0.2, 0.25) is 5.95 Å². The Morgan fingerprint density at radius 1 is 1.11 bits per heavy atom. The SMILES string of the molecule is Cc1cccc([C@H]2CC(=O)c3c(C)nc(N4CCN(CCO)CC4)nc3C2)c1. The fourth-order valence-electron chi connectivity index (χ4n) is 4.37. The second-order valence-electron chi connectivity index (χ2n) is 7.93. The number of aryl methyl sites for hydroxylation is 2. The predicted octanol–water partition coefficient (Wildman–Crippen LogP) is 2.12. The minimum Gasteiger partial charge on any atom is -0.395 e. The van der Waals surface area contributed by atoms with E-state index >= 15 is 0 Å². The molecule has 28 heavy (non-hydrogen) atoms. The first-order valence-corrected chi connectivity index (χ1v) is 10.1. The number of ketones is 1. The highest BCUT2D eigenvalue weighted by Gasteiger charge is 2.31. The van der Waals surface area contributed by atoms with Gasteiger partial charge in [0.15, 0.2) is 5.78 Å². The summed E-state index contributed by atoms with van der Waals surface area (Å²) in [5.41, 5.74) is 4.85. The largest absolute Gasteiger partial charge is 0.395 e. The molecule has 1 fully saturated rings. The van der Waals surface area contributed by atoms with Crippen molar-refractivity contribution in [1.82, 2.24) is 14.9 Å². The molecule has 2 aromatic rings. The van der Waals surface area contributed by atoms with Crippen molar-refractivity contribution in [2.24, 2.45) is 0 Å². The summed E-state index contributed by atoms with van der Waals surface area (Å²) in [5, 5.41) is 9.12. The third-order valence-electron chi connectivity index (χ3n) is 5.89. The molecule has 0 radical (unpaired) electrons. The van der Waals surface area contributed by atoms with Crippen LogP contribution in [0, 0.1) is 13.8 Å². The van der Waals surface area contributed by atoms with Gasteiger partial charge in [-0.1, -0.05) is 29.8 Å². The normalized spacial score (nSPS) is 20.3. The van der Waals surface area contributed by atoms with Crippen molar-refractivity contribution in [2.45, 2.75) is 32.6 Å². The minimum absolute atomic E-state index is 0.157. The molecule has 0 saturated carbocycles. The van der Waals surface area contributed by atoms with Gasteiger partial charge in [-0.2, -0.15) is 0 Å². The molecular formula is C22H28N4O2. The highest BCUT2D eigenvalue weighted by Crippen LogP contribution is 2.34. The molecule has 4 rings (SSSR count). The molecule has 0 bridgehead atoms.